The molecule has 0 fully saturated rings. The van der Waals surface area contributed by atoms with E-state index in [2.05, 4.69) is 16.8 Å². The number of nitrogens with two attached hydrogens (primary N) is 1. The third-order valence-electron chi connectivity index (χ3n) is 1.06. The molecule has 2 heteroatoms. The van der Waals surface area contributed by atoms with Gasteiger partial charge < -0.3 is 5.73 Å². The van der Waals surface area contributed by atoms with Crippen molar-refractivity contribution in [3.05, 3.63) is 23.9 Å². The summed E-state index contributed by atoms with van der Waals surface area (Å²) in [4.78, 5) is 3.87. The Balaban J connectivity index is 0.000000561. The molecular weight excluding hydrogens is 148 g/mol. The minimum atomic E-state index is 0.529. The molecule has 12 heavy (non-hydrogen) atoms. The van der Waals surface area contributed by atoms with E-state index in [0.29, 0.717) is 5.82 Å². The molecule has 1 heterocycles. The van der Waals surface area contributed by atoms with Gasteiger partial charge in [0.15, 0.2) is 0 Å². The fraction of sp³-hybridized carbons (Fsp3) is 0.300. The van der Waals surface area contributed by atoms with Gasteiger partial charge in [0.05, 0.1) is 0 Å². The number of nitrogen functional groups attached to an aromatic ring is 1. The largest absolute Gasteiger partial charge is 0.384 e. The Morgan fingerprint density at radius 3 is 2.42 bits per heavy atom. The molecule has 2 N–H and O–H groups in total. The van der Waals surface area contributed by atoms with Crippen molar-refractivity contribution in [2.24, 2.45) is 0 Å². The molecule has 0 spiro atoms. The van der Waals surface area contributed by atoms with E-state index in [1.54, 1.807) is 19.2 Å². The monoisotopic (exact) mass is 162 g/mol. The van der Waals surface area contributed by atoms with E-state index in [-0.39, 0.29) is 0 Å². The molecule has 0 bridgehead atoms. The first-order valence-corrected chi connectivity index (χ1v) is 3.97. The maximum absolute atomic E-state index is 5.36. The van der Waals surface area contributed by atoms with Crippen molar-refractivity contribution in [2.75, 3.05) is 5.73 Å². The van der Waals surface area contributed by atoms with Crippen LogP contribution in [0.4, 0.5) is 5.82 Å². The van der Waals surface area contributed by atoms with E-state index in [1.807, 2.05) is 19.9 Å². The van der Waals surface area contributed by atoms with E-state index in [9.17, 15) is 0 Å². The topological polar surface area (TPSA) is 38.9 Å². The third-order valence-corrected chi connectivity index (χ3v) is 1.06. The van der Waals surface area contributed by atoms with Gasteiger partial charge in [0.2, 0.25) is 0 Å². The van der Waals surface area contributed by atoms with Crippen LogP contribution in [-0.2, 0) is 0 Å². The molecule has 0 aromatic carbocycles. The smallest absolute Gasteiger partial charge is 0.123 e. The second-order valence-electron chi connectivity index (χ2n) is 1.85. The Morgan fingerprint density at radius 2 is 2.00 bits per heavy atom. The summed E-state index contributed by atoms with van der Waals surface area (Å²) < 4.78 is 0. The van der Waals surface area contributed by atoms with Crippen molar-refractivity contribution >= 4 is 5.82 Å². The van der Waals surface area contributed by atoms with Crippen LogP contribution < -0.4 is 5.73 Å². The van der Waals surface area contributed by atoms with Crippen LogP contribution in [0.25, 0.3) is 0 Å². The van der Waals surface area contributed by atoms with Gasteiger partial charge in [-0.2, -0.15) is 0 Å². The van der Waals surface area contributed by atoms with Gasteiger partial charge >= 0.3 is 0 Å². The molecule has 64 valence electrons. The predicted octanol–water partition coefficient (Wildman–Crippen LogP) is 2.06. The number of hydrogen-bond donors (Lipinski definition) is 1. The molecule has 1 rings (SSSR count). The fourth-order valence-electron chi connectivity index (χ4n) is 0.624. The number of pyridine rings is 1. The number of hydrogen-bond acceptors (Lipinski definition) is 2. The second kappa shape index (κ2) is 6.23. The SMILES string of the molecule is CC.CC#Cc1ccc(N)nc1. The molecule has 0 radical (unpaired) electrons. The number of rotatable bonds is 0. The van der Waals surface area contributed by atoms with Crippen molar-refractivity contribution in [2.45, 2.75) is 20.8 Å². The zero-order chi connectivity index (χ0) is 9.40. The quantitative estimate of drug-likeness (QED) is 0.593. The molecule has 0 atom stereocenters. The zero-order valence-corrected chi connectivity index (χ0v) is 7.76. The summed E-state index contributed by atoms with van der Waals surface area (Å²) >= 11 is 0. The average molecular weight is 162 g/mol. The molecule has 2 nitrogen and oxygen atoms in total. The summed E-state index contributed by atoms with van der Waals surface area (Å²) in [5, 5.41) is 0. The second-order valence-corrected chi connectivity index (χ2v) is 1.85. The maximum atomic E-state index is 5.36. The van der Waals surface area contributed by atoms with Crippen LogP contribution in [0.15, 0.2) is 18.3 Å². The Bertz CT molecular complexity index is 264. The minimum absolute atomic E-state index is 0.529. The van der Waals surface area contributed by atoms with Crippen molar-refractivity contribution in [1.82, 2.24) is 4.98 Å². The normalized spacial score (nSPS) is 7.25. The summed E-state index contributed by atoms with van der Waals surface area (Å²) in [5.41, 5.74) is 6.26. The molecule has 0 saturated carbocycles. The Hall–Kier alpha value is -1.49. The predicted molar refractivity (Wildman–Crippen MR) is 52.5 cm³/mol. The molecular formula is C10H14N2. The lowest BCUT2D eigenvalue weighted by Gasteiger charge is -1.89. The third kappa shape index (κ3) is 3.62. The van der Waals surface area contributed by atoms with Gasteiger partial charge in [0, 0.05) is 11.8 Å². The lowest BCUT2D eigenvalue weighted by Crippen LogP contribution is -1.88. The lowest BCUT2D eigenvalue weighted by molar-refractivity contribution is 1.32. The van der Waals surface area contributed by atoms with Gasteiger partial charge in [-0.25, -0.2) is 4.98 Å². The molecule has 0 aliphatic rings. The number of nitrogens with zero attached hydrogens (tertiary/aromatic N) is 1. The van der Waals surface area contributed by atoms with E-state index >= 15 is 0 Å². The highest BCUT2D eigenvalue weighted by atomic mass is 14.8. The van der Waals surface area contributed by atoms with Gasteiger partial charge in [0.25, 0.3) is 0 Å². The first kappa shape index (κ1) is 10.5. The molecule has 0 saturated heterocycles. The van der Waals surface area contributed by atoms with Gasteiger partial charge in [-0.05, 0) is 19.1 Å². The van der Waals surface area contributed by atoms with Crippen LogP contribution >= 0.6 is 0 Å². The first-order chi connectivity index (χ1) is 5.83. The molecule has 1 aromatic rings. The Labute approximate surface area is 73.8 Å². The van der Waals surface area contributed by atoms with Crippen LogP contribution in [0.3, 0.4) is 0 Å². The van der Waals surface area contributed by atoms with Gasteiger partial charge in [-0.3, -0.25) is 0 Å². The van der Waals surface area contributed by atoms with Crippen molar-refractivity contribution in [3.63, 3.8) is 0 Å². The summed E-state index contributed by atoms with van der Waals surface area (Å²) in [7, 11) is 0. The van der Waals surface area contributed by atoms with Gasteiger partial charge in [0.1, 0.15) is 5.82 Å². The molecule has 0 amide bonds. The van der Waals surface area contributed by atoms with E-state index in [0.717, 1.165) is 5.56 Å². The first-order valence-electron chi connectivity index (χ1n) is 3.97. The Kier molecular flexibility index (Phi) is 5.46. The van der Waals surface area contributed by atoms with E-state index in [1.165, 1.54) is 0 Å². The highest BCUT2D eigenvalue weighted by Crippen LogP contribution is 1.98. The minimum Gasteiger partial charge on any atom is -0.384 e. The Morgan fingerprint density at radius 1 is 1.33 bits per heavy atom. The van der Waals surface area contributed by atoms with E-state index < -0.39 is 0 Å². The molecule has 0 unspecified atom stereocenters. The van der Waals surface area contributed by atoms with Crippen molar-refractivity contribution < 1.29 is 0 Å². The zero-order valence-electron chi connectivity index (χ0n) is 7.76. The standard InChI is InChI=1S/C8H8N2.C2H6/c1-2-3-7-4-5-8(9)10-6-7;1-2/h4-6H,1H3,(H2,9,10);1-2H3. The van der Waals surface area contributed by atoms with Crippen molar-refractivity contribution in [3.8, 4) is 11.8 Å². The van der Waals surface area contributed by atoms with Crippen LogP contribution in [0.5, 0.6) is 0 Å². The molecule has 0 aliphatic heterocycles. The summed E-state index contributed by atoms with van der Waals surface area (Å²) in [5.74, 6) is 6.17. The fourth-order valence-corrected chi connectivity index (χ4v) is 0.624. The summed E-state index contributed by atoms with van der Waals surface area (Å²) in [6.07, 6.45) is 1.66. The van der Waals surface area contributed by atoms with Crippen LogP contribution in [0.1, 0.15) is 26.3 Å². The number of aromatic nitrogens is 1. The highest BCUT2D eigenvalue weighted by Gasteiger charge is 1.85. The van der Waals surface area contributed by atoms with Crippen LogP contribution in [-0.4, -0.2) is 4.98 Å². The van der Waals surface area contributed by atoms with Gasteiger partial charge in [-0.15, -0.1) is 5.92 Å². The lowest BCUT2D eigenvalue weighted by atomic mass is 10.3. The summed E-state index contributed by atoms with van der Waals surface area (Å²) in [6.45, 7) is 5.79. The molecule has 1 aromatic heterocycles. The molecule has 0 aliphatic carbocycles. The number of anilines is 1. The van der Waals surface area contributed by atoms with Gasteiger partial charge in [-0.1, -0.05) is 19.8 Å². The van der Waals surface area contributed by atoms with E-state index in [4.69, 9.17) is 5.73 Å². The maximum Gasteiger partial charge on any atom is 0.123 e. The average Bonchev–Trinajstić information content (AvgIpc) is 2.13. The van der Waals surface area contributed by atoms with Crippen molar-refractivity contribution in [1.29, 1.82) is 0 Å². The van der Waals surface area contributed by atoms with Crippen LogP contribution in [0, 0.1) is 11.8 Å². The van der Waals surface area contributed by atoms with Crippen LogP contribution in [0.2, 0.25) is 0 Å². The summed E-state index contributed by atoms with van der Waals surface area (Å²) in [6, 6.07) is 3.58. The highest BCUT2D eigenvalue weighted by molar-refractivity contribution is 5.37.